The average Bonchev–Trinajstić information content (AvgIpc) is 2.59. The predicted molar refractivity (Wildman–Crippen MR) is 96.3 cm³/mol. The number of aryl methyl sites for hydroxylation is 2. The van der Waals surface area contributed by atoms with Gasteiger partial charge >= 0.3 is 0 Å². The summed E-state index contributed by atoms with van der Waals surface area (Å²) in [5, 5.41) is 0.892. The van der Waals surface area contributed by atoms with E-state index in [2.05, 4.69) is 32.0 Å². The van der Waals surface area contributed by atoms with E-state index in [0.29, 0.717) is 17.2 Å². The van der Waals surface area contributed by atoms with E-state index < -0.39 is 0 Å². The minimum absolute atomic E-state index is 0.577. The van der Waals surface area contributed by atoms with Crippen molar-refractivity contribution >= 4 is 10.9 Å². The van der Waals surface area contributed by atoms with Gasteiger partial charge in [-0.2, -0.15) is 0 Å². The van der Waals surface area contributed by atoms with Crippen molar-refractivity contribution in [2.45, 2.75) is 13.8 Å². The van der Waals surface area contributed by atoms with E-state index in [1.54, 1.807) is 21.3 Å². The fraction of sp³-hybridized carbons (Fsp3) is 0.250. The highest BCUT2D eigenvalue weighted by molar-refractivity contribution is 5.92. The van der Waals surface area contributed by atoms with Crippen LogP contribution in [0.1, 0.15) is 11.1 Å². The zero-order chi connectivity index (χ0) is 17.3. The molecule has 0 amide bonds. The predicted octanol–water partition coefficient (Wildman–Crippen LogP) is 4.54. The summed E-state index contributed by atoms with van der Waals surface area (Å²) in [4.78, 5) is 4.81. The minimum atomic E-state index is 0.577. The molecule has 0 fully saturated rings. The van der Waals surface area contributed by atoms with Gasteiger partial charge in [0.15, 0.2) is 11.5 Å². The molecule has 3 aromatic rings. The van der Waals surface area contributed by atoms with Crippen molar-refractivity contribution < 1.29 is 14.2 Å². The third kappa shape index (κ3) is 2.64. The van der Waals surface area contributed by atoms with Crippen LogP contribution in [0.3, 0.4) is 0 Å². The number of fused-ring (bicyclic) bond motifs is 1. The van der Waals surface area contributed by atoms with Crippen molar-refractivity contribution in [3.63, 3.8) is 0 Å². The van der Waals surface area contributed by atoms with Crippen LogP contribution in [-0.4, -0.2) is 26.3 Å². The Labute approximate surface area is 142 Å². The third-order valence-electron chi connectivity index (χ3n) is 4.15. The number of aromatic nitrogens is 1. The molecule has 0 aliphatic carbocycles. The summed E-state index contributed by atoms with van der Waals surface area (Å²) in [6.45, 7) is 4.19. The Hall–Kier alpha value is -2.75. The summed E-state index contributed by atoms with van der Waals surface area (Å²) < 4.78 is 16.4. The molecule has 0 aliphatic rings. The first-order valence-corrected chi connectivity index (χ1v) is 7.76. The Morgan fingerprint density at radius 3 is 2.17 bits per heavy atom. The molecule has 0 spiro atoms. The first-order valence-electron chi connectivity index (χ1n) is 7.76. The van der Waals surface area contributed by atoms with Crippen molar-refractivity contribution in [2.75, 3.05) is 21.3 Å². The van der Waals surface area contributed by atoms with Crippen molar-refractivity contribution in [2.24, 2.45) is 0 Å². The molecular formula is C20H21NO3. The highest BCUT2D eigenvalue weighted by atomic mass is 16.5. The Bertz CT molecular complexity index is 903. The lowest BCUT2D eigenvalue weighted by Crippen LogP contribution is -1.97. The summed E-state index contributed by atoms with van der Waals surface area (Å²) >= 11 is 0. The van der Waals surface area contributed by atoms with Crippen LogP contribution in [0.15, 0.2) is 36.4 Å². The first kappa shape index (κ1) is 16.1. The monoisotopic (exact) mass is 323 g/mol. The Balaban J connectivity index is 2.24. The second-order valence-corrected chi connectivity index (χ2v) is 5.73. The highest BCUT2D eigenvalue weighted by Gasteiger charge is 2.17. The summed E-state index contributed by atoms with van der Waals surface area (Å²) in [6, 6.07) is 12.3. The van der Waals surface area contributed by atoms with Crippen molar-refractivity contribution in [3.8, 4) is 28.5 Å². The van der Waals surface area contributed by atoms with E-state index in [1.165, 1.54) is 11.1 Å². The maximum Gasteiger partial charge on any atom is 0.204 e. The van der Waals surface area contributed by atoms with E-state index in [0.717, 1.165) is 22.2 Å². The molecule has 0 saturated carbocycles. The van der Waals surface area contributed by atoms with Gasteiger partial charge in [-0.05, 0) is 31.5 Å². The molecule has 1 aromatic heterocycles. The summed E-state index contributed by atoms with van der Waals surface area (Å²) in [7, 11) is 4.83. The van der Waals surface area contributed by atoms with Crippen LogP contribution in [0.4, 0.5) is 0 Å². The van der Waals surface area contributed by atoms with Crippen LogP contribution in [0.25, 0.3) is 22.2 Å². The summed E-state index contributed by atoms with van der Waals surface area (Å²) in [5.41, 5.74) is 5.30. The second kappa shape index (κ2) is 6.40. The normalized spacial score (nSPS) is 10.7. The van der Waals surface area contributed by atoms with Gasteiger partial charge in [-0.15, -0.1) is 0 Å². The van der Waals surface area contributed by atoms with Gasteiger partial charge in [-0.3, -0.25) is 0 Å². The van der Waals surface area contributed by atoms with E-state index >= 15 is 0 Å². The van der Waals surface area contributed by atoms with Gasteiger partial charge in [0.05, 0.1) is 32.5 Å². The minimum Gasteiger partial charge on any atom is -0.493 e. The molecule has 4 nitrogen and oxygen atoms in total. The molecular weight excluding hydrogens is 302 g/mol. The number of rotatable bonds is 4. The van der Waals surface area contributed by atoms with E-state index in [-0.39, 0.29) is 0 Å². The van der Waals surface area contributed by atoms with Crippen LogP contribution in [-0.2, 0) is 0 Å². The van der Waals surface area contributed by atoms with E-state index in [9.17, 15) is 0 Å². The molecule has 24 heavy (non-hydrogen) atoms. The summed E-state index contributed by atoms with van der Waals surface area (Å²) in [5.74, 6) is 1.81. The molecule has 124 valence electrons. The lowest BCUT2D eigenvalue weighted by molar-refractivity contribution is 0.327. The second-order valence-electron chi connectivity index (χ2n) is 5.73. The quantitative estimate of drug-likeness (QED) is 0.706. The number of nitrogens with zero attached hydrogens (tertiary/aromatic N) is 1. The molecule has 2 aromatic carbocycles. The smallest absolute Gasteiger partial charge is 0.204 e. The topological polar surface area (TPSA) is 40.6 Å². The van der Waals surface area contributed by atoms with Gasteiger partial charge in [-0.25, -0.2) is 4.98 Å². The Morgan fingerprint density at radius 1 is 0.792 bits per heavy atom. The largest absolute Gasteiger partial charge is 0.493 e. The van der Waals surface area contributed by atoms with Gasteiger partial charge in [0, 0.05) is 17.0 Å². The van der Waals surface area contributed by atoms with Gasteiger partial charge in [-0.1, -0.05) is 23.8 Å². The fourth-order valence-corrected chi connectivity index (χ4v) is 3.00. The van der Waals surface area contributed by atoms with Gasteiger partial charge < -0.3 is 14.2 Å². The van der Waals surface area contributed by atoms with Crippen LogP contribution >= 0.6 is 0 Å². The molecule has 1 heterocycles. The number of methoxy groups -OCH3 is 3. The molecule has 0 atom stereocenters. The average molecular weight is 323 g/mol. The van der Waals surface area contributed by atoms with E-state index in [1.807, 2.05) is 18.2 Å². The van der Waals surface area contributed by atoms with Gasteiger partial charge in [0.1, 0.15) is 0 Å². The van der Waals surface area contributed by atoms with Crippen molar-refractivity contribution in [1.82, 2.24) is 4.98 Å². The molecule has 0 unspecified atom stereocenters. The van der Waals surface area contributed by atoms with Gasteiger partial charge in [0.2, 0.25) is 5.75 Å². The van der Waals surface area contributed by atoms with Crippen LogP contribution < -0.4 is 14.2 Å². The molecule has 0 bridgehead atoms. The zero-order valence-corrected chi connectivity index (χ0v) is 14.6. The zero-order valence-electron chi connectivity index (χ0n) is 14.6. The summed E-state index contributed by atoms with van der Waals surface area (Å²) in [6.07, 6.45) is 0. The maximum atomic E-state index is 5.53. The van der Waals surface area contributed by atoms with Gasteiger partial charge in [0.25, 0.3) is 0 Å². The number of hydrogen-bond acceptors (Lipinski definition) is 4. The van der Waals surface area contributed by atoms with Crippen molar-refractivity contribution in [1.29, 1.82) is 0 Å². The van der Waals surface area contributed by atoms with Crippen LogP contribution in [0, 0.1) is 13.8 Å². The van der Waals surface area contributed by atoms with Crippen molar-refractivity contribution in [3.05, 3.63) is 47.5 Å². The Kier molecular flexibility index (Phi) is 4.30. The molecule has 0 radical (unpaired) electrons. The molecule has 3 rings (SSSR count). The number of hydrogen-bond donors (Lipinski definition) is 0. The molecule has 0 N–H and O–H groups in total. The molecule has 4 heteroatoms. The third-order valence-corrected chi connectivity index (χ3v) is 4.15. The number of pyridine rings is 1. The number of ether oxygens (including phenoxy) is 3. The van der Waals surface area contributed by atoms with Crippen LogP contribution in [0.2, 0.25) is 0 Å². The SMILES string of the molecule is COc1cc2nc(-c3ccc(C)cc3C)ccc2c(OC)c1OC. The Morgan fingerprint density at radius 2 is 1.54 bits per heavy atom. The fourth-order valence-electron chi connectivity index (χ4n) is 3.00. The number of benzene rings is 2. The standard InChI is InChI=1S/C20H21NO3/c1-12-6-7-14(13(2)10-12)16-9-8-15-17(21-16)11-18(22-3)20(24-5)19(15)23-4/h6-11H,1-5H3. The maximum absolute atomic E-state index is 5.53. The van der Waals surface area contributed by atoms with Crippen LogP contribution in [0.5, 0.6) is 17.2 Å². The lowest BCUT2D eigenvalue weighted by atomic mass is 10.0. The lowest BCUT2D eigenvalue weighted by Gasteiger charge is -2.15. The highest BCUT2D eigenvalue weighted by Crippen LogP contribution is 2.43. The molecule has 0 saturated heterocycles. The first-order chi connectivity index (χ1) is 11.6. The molecule has 0 aliphatic heterocycles. The van der Waals surface area contributed by atoms with E-state index in [4.69, 9.17) is 19.2 Å².